The Morgan fingerprint density at radius 3 is 2.59 bits per heavy atom. The normalized spacial score (nSPS) is 12.0. The van der Waals surface area contributed by atoms with E-state index in [1.807, 2.05) is 0 Å². The van der Waals surface area contributed by atoms with Crippen molar-refractivity contribution in [2.75, 3.05) is 0 Å². The van der Waals surface area contributed by atoms with Crippen LogP contribution in [0.5, 0.6) is 5.75 Å². The number of fused-ring (bicyclic) bond motifs is 1. The highest BCUT2D eigenvalue weighted by Gasteiger charge is 2.33. The van der Waals surface area contributed by atoms with Crippen molar-refractivity contribution in [3.63, 3.8) is 0 Å². The van der Waals surface area contributed by atoms with E-state index in [0.717, 1.165) is 6.07 Å². The molecule has 0 unspecified atom stereocenters. The summed E-state index contributed by atoms with van der Waals surface area (Å²) in [5.74, 6) is -3.18. The fraction of sp³-hybridized carbons (Fsp3) is 0.0952. The highest BCUT2D eigenvalue weighted by Crippen LogP contribution is 2.30. The molecule has 4 aromatic rings. The number of sulfone groups is 1. The van der Waals surface area contributed by atoms with Crippen LogP contribution in [0, 0.1) is 5.82 Å². The van der Waals surface area contributed by atoms with E-state index >= 15 is 0 Å². The van der Waals surface area contributed by atoms with Crippen LogP contribution in [0.4, 0.5) is 17.6 Å². The average molecular weight is 494 g/mol. The number of aromatic amines is 1. The van der Waals surface area contributed by atoms with Crippen LogP contribution in [0.15, 0.2) is 70.7 Å². The van der Waals surface area contributed by atoms with Gasteiger partial charge in [0.2, 0.25) is 9.84 Å². The van der Waals surface area contributed by atoms with Crippen LogP contribution in [-0.2, 0) is 16.4 Å². The molecule has 0 fully saturated rings. The van der Waals surface area contributed by atoms with E-state index in [2.05, 4.69) is 25.2 Å². The molecule has 2 heterocycles. The van der Waals surface area contributed by atoms with Gasteiger partial charge < -0.3 is 10.1 Å². The zero-order valence-electron chi connectivity index (χ0n) is 16.9. The van der Waals surface area contributed by atoms with Crippen LogP contribution >= 0.6 is 0 Å². The van der Waals surface area contributed by atoms with Crippen molar-refractivity contribution >= 4 is 26.8 Å². The Morgan fingerprint density at radius 2 is 1.85 bits per heavy atom. The number of carbonyl (C=O) groups is 1. The molecule has 0 aliphatic carbocycles. The minimum atomic E-state index is -5.14. The molecule has 0 aliphatic heterocycles. The number of nitrogens with zero attached hydrogens (tertiary/aromatic N) is 2. The van der Waals surface area contributed by atoms with Crippen molar-refractivity contribution < 1.29 is 35.5 Å². The number of aromatic nitrogens is 3. The molecule has 0 spiro atoms. The summed E-state index contributed by atoms with van der Waals surface area (Å²) in [4.78, 5) is 15.8. The van der Waals surface area contributed by atoms with E-state index in [1.54, 1.807) is 12.1 Å². The maximum absolute atomic E-state index is 14.1. The van der Waals surface area contributed by atoms with Crippen LogP contribution in [0.2, 0.25) is 0 Å². The summed E-state index contributed by atoms with van der Waals surface area (Å²) in [6.45, 7) is -0.199. The zero-order valence-corrected chi connectivity index (χ0v) is 17.7. The first-order chi connectivity index (χ1) is 16.0. The standard InChI is InChI=1S/C21H14F4N4O4S/c22-16-8-15(5-6-17(16)33-21(23,24)25)34(31,32)18-4-2-1-3-12(18)9-27-20(30)14-7-13-11-28-29-19(13)26-10-14/h1-8,10-11H,9H2,(H,27,30)(H,26,28,29). The van der Waals surface area contributed by atoms with Crippen molar-refractivity contribution in [1.82, 2.24) is 20.5 Å². The van der Waals surface area contributed by atoms with E-state index in [1.165, 1.54) is 30.6 Å². The predicted molar refractivity (Wildman–Crippen MR) is 110 cm³/mol. The first-order valence-electron chi connectivity index (χ1n) is 9.50. The predicted octanol–water partition coefficient (Wildman–Crippen LogP) is 3.76. The topological polar surface area (TPSA) is 114 Å². The molecule has 2 N–H and O–H groups in total. The molecule has 2 aromatic heterocycles. The number of hydrogen-bond donors (Lipinski definition) is 2. The summed E-state index contributed by atoms with van der Waals surface area (Å²) >= 11 is 0. The van der Waals surface area contributed by atoms with Crippen LogP contribution in [0.25, 0.3) is 11.0 Å². The summed E-state index contributed by atoms with van der Waals surface area (Å²) in [6, 6.07) is 9.04. The second-order valence-corrected chi connectivity index (χ2v) is 8.88. The number of ether oxygens (including phenoxy) is 1. The lowest BCUT2D eigenvalue weighted by atomic mass is 10.2. The number of rotatable bonds is 6. The van der Waals surface area contributed by atoms with Crippen LogP contribution in [-0.4, -0.2) is 35.9 Å². The van der Waals surface area contributed by atoms with Gasteiger partial charge in [0.05, 0.1) is 21.6 Å². The second-order valence-electron chi connectivity index (χ2n) is 6.97. The molecule has 2 aromatic carbocycles. The number of nitrogens with one attached hydrogen (secondary N) is 2. The fourth-order valence-electron chi connectivity index (χ4n) is 3.13. The van der Waals surface area contributed by atoms with Gasteiger partial charge in [-0.2, -0.15) is 5.10 Å². The Bertz CT molecular complexity index is 1490. The van der Waals surface area contributed by atoms with E-state index in [-0.39, 0.29) is 22.6 Å². The Kier molecular flexibility index (Phi) is 5.96. The number of alkyl halides is 3. The zero-order chi connectivity index (χ0) is 24.5. The molecule has 34 heavy (non-hydrogen) atoms. The van der Waals surface area contributed by atoms with E-state index in [9.17, 15) is 30.8 Å². The number of benzene rings is 2. The third-order valence-corrected chi connectivity index (χ3v) is 6.55. The van der Waals surface area contributed by atoms with Gasteiger partial charge in [-0.3, -0.25) is 9.89 Å². The molecular formula is C21H14F4N4O4S. The molecule has 0 atom stereocenters. The lowest BCUT2D eigenvalue weighted by Gasteiger charge is -2.13. The molecule has 13 heteroatoms. The molecule has 0 aliphatic rings. The molecule has 4 rings (SSSR count). The molecule has 0 saturated carbocycles. The van der Waals surface area contributed by atoms with Crippen molar-refractivity contribution in [2.24, 2.45) is 0 Å². The van der Waals surface area contributed by atoms with E-state index in [4.69, 9.17) is 0 Å². The maximum atomic E-state index is 14.1. The van der Waals surface area contributed by atoms with Gasteiger partial charge >= 0.3 is 6.36 Å². The van der Waals surface area contributed by atoms with Gasteiger partial charge in [-0.1, -0.05) is 18.2 Å². The number of pyridine rings is 1. The van der Waals surface area contributed by atoms with Gasteiger partial charge in [0.1, 0.15) is 0 Å². The third-order valence-electron chi connectivity index (χ3n) is 4.69. The van der Waals surface area contributed by atoms with Gasteiger partial charge in [-0.15, -0.1) is 13.2 Å². The number of carbonyl (C=O) groups excluding carboxylic acids is 1. The van der Waals surface area contributed by atoms with Crippen molar-refractivity contribution in [2.45, 2.75) is 22.7 Å². The summed E-state index contributed by atoms with van der Waals surface area (Å²) in [7, 11) is -4.34. The highest BCUT2D eigenvalue weighted by atomic mass is 32.2. The van der Waals surface area contributed by atoms with Crippen molar-refractivity contribution in [1.29, 1.82) is 0 Å². The molecule has 0 bridgehead atoms. The smallest absolute Gasteiger partial charge is 0.403 e. The van der Waals surface area contributed by atoms with E-state index < -0.39 is 38.6 Å². The minimum Gasteiger partial charge on any atom is -0.403 e. The number of halogens is 4. The Balaban J connectivity index is 1.57. The molecule has 176 valence electrons. The molecule has 0 radical (unpaired) electrons. The second kappa shape index (κ2) is 8.74. The summed E-state index contributed by atoms with van der Waals surface area (Å²) in [6.07, 6.45) is -2.32. The monoisotopic (exact) mass is 494 g/mol. The lowest BCUT2D eigenvalue weighted by molar-refractivity contribution is -0.275. The number of hydrogen-bond acceptors (Lipinski definition) is 6. The quantitative estimate of drug-likeness (QED) is 0.395. The molecule has 0 saturated heterocycles. The maximum Gasteiger partial charge on any atom is 0.573 e. The number of H-pyrrole nitrogens is 1. The van der Waals surface area contributed by atoms with Gasteiger partial charge in [0.25, 0.3) is 5.91 Å². The lowest BCUT2D eigenvalue weighted by Crippen LogP contribution is -2.24. The van der Waals surface area contributed by atoms with Gasteiger partial charge in [0.15, 0.2) is 17.2 Å². The van der Waals surface area contributed by atoms with Crippen LogP contribution in [0.1, 0.15) is 15.9 Å². The van der Waals surface area contributed by atoms with Gasteiger partial charge in [-0.05, 0) is 35.9 Å². The number of amides is 1. The third kappa shape index (κ3) is 4.83. The Morgan fingerprint density at radius 1 is 1.09 bits per heavy atom. The van der Waals surface area contributed by atoms with Crippen molar-refractivity contribution in [3.05, 3.63) is 77.9 Å². The molecule has 1 amide bonds. The Labute approximate surface area is 189 Å². The van der Waals surface area contributed by atoms with Gasteiger partial charge in [0, 0.05) is 18.1 Å². The van der Waals surface area contributed by atoms with Crippen LogP contribution in [0.3, 0.4) is 0 Å². The average Bonchev–Trinajstić information content (AvgIpc) is 3.26. The van der Waals surface area contributed by atoms with Gasteiger partial charge in [-0.25, -0.2) is 17.8 Å². The largest absolute Gasteiger partial charge is 0.573 e. The summed E-state index contributed by atoms with van der Waals surface area (Å²) in [5, 5.41) is 9.66. The fourth-order valence-corrected chi connectivity index (χ4v) is 4.64. The minimum absolute atomic E-state index is 0.184. The highest BCUT2D eigenvalue weighted by molar-refractivity contribution is 7.91. The first kappa shape index (κ1) is 23.2. The SMILES string of the molecule is O=C(NCc1ccccc1S(=O)(=O)c1ccc(OC(F)(F)F)c(F)c1)c1cnc2[nH]ncc2c1. The summed E-state index contributed by atoms with van der Waals surface area (Å²) in [5.41, 5.74) is 0.896. The van der Waals surface area contributed by atoms with Crippen molar-refractivity contribution in [3.8, 4) is 5.75 Å². The first-order valence-corrected chi connectivity index (χ1v) is 11.0. The summed E-state index contributed by atoms with van der Waals surface area (Å²) < 4.78 is 80.8. The van der Waals surface area contributed by atoms with Crippen LogP contribution < -0.4 is 10.1 Å². The molecule has 8 nitrogen and oxygen atoms in total. The molecular weight excluding hydrogens is 480 g/mol. The van der Waals surface area contributed by atoms with E-state index in [0.29, 0.717) is 23.2 Å². The Hall–Kier alpha value is -4.00.